The highest BCUT2D eigenvalue weighted by molar-refractivity contribution is 6.99. The third-order valence-electron chi connectivity index (χ3n) is 11.4. The van der Waals surface area contributed by atoms with Crippen molar-refractivity contribution in [2.24, 2.45) is 17.3 Å². The second-order valence-electron chi connectivity index (χ2n) is 15.6. The van der Waals surface area contributed by atoms with Gasteiger partial charge < -0.3 is 14.1 Å². The summed E-state index contributed by atoms with van der Waals surface area (Å²) in [5.74, 6) is -0.645. The molecule has 6 atom stereocenters. The van der Waals surface area contributed by atoms with E-state index in [2.05, 4.69) is 106 Å². The number of rotatable bonds is 11. The van der Waals surface area contributed by atoms with Gasteiger partial charge in [0.15, 0.2) is 0 Å². The first-order chi connectivity index (χ1) is 24.3. The van der Waals surface area contributed by atoms with E-state index in [0.717, 1.165) is 11.1 Å². The molecule has 1 heterocycles. The largest absolute Gasteiger partial charge is 0.469 e. The topological polar surface area (TPSA) is 55.8 Å². The van der Waals surface area contributed by atoms with E-state index in [1.807, 2.05) is 42.5 Å². The molecule has 2 unspecified atom stereocenters. The summed E-state index contributed by atoms with van der Waals surface area (Å²) < 4.78 is 12.5. The molecule has 51 heavy (non-hydrogen) atoms. The summed E-state index contributed by atoms with van der Waals surface area (Å²) in [6.07, 6.45) is 1.85. The number of amides is 1. The molecular weight excluding hydrogens is 693 g/mol. The maximum absolute atomic E-state index is 15.2. The third kappa shape index (κ3) is 7.17. The molecule has 1 amide bonds. The minimum absolute atomic E-state index is 0.0649. The van der Waals surface area contributed by atoms with Crippen LogP contribution in [0.5, 0.6) is 0 Å². The van der Waals surface area contributed by atoms with Crippen LogP contribution >= 0.6 is 23.2 Å². The Kier molecular flexibility index (Phi) is 10.9. The number of ether oxygens (including phenoxy) is 1. The Hall–Kier alpha value is -3.42. The standard InChI is InChI=1S/C43H49Cl2NO4Si/c1-29(24-25-50-51(42(2,3)4,34-16-9-7-10-17-34)35-18-11-8-12-19-35)46-39(30-20-22-32(44)23-21-30)37(31-14-13-15-33(45)26-31)28-43(5,41(46)48)38-27-36(38)40(47)49-6/h7-23,26,29,36-39H,24-25,27-28H2,1-6H3/t29-,36?,37+,38?,39+,43+/m0/s1. The number of esters is 1. The highest BCUT2D eigenvalue weighted by Crippen LogP contribution is 2.61. The average Bonchev–Trinajstić information content (AvgIpc) is 3.93. The van der Waals surface area contributed by atoms with Crippen molar-refractivity contribution in [3.8, 4) is 0 Å². The molecule has 8 heteroatoms. The molecule has 2 fully saturated rings. The molecule has 1 saturated heterocycles. The summed E-state index contributed by atoms with van der Waals surface area (Å²) >= 11 is 13.0. The minimum Gasteiger partial charge on any atom is -0.469 e. The van der Waals surface area contributed by atoms with Crippen LogP contribution in [0, 0.1) is 17.3 Å². The second-order valence-corrected chi connectivity index (χ2v) is 20.8. The van der Waals surface area contributed by atoms with Crippen molar-refractivity contribution in [1.29, 1.82) is 0 Å². The zero-order valence-electron chi connectivity index (χ0n) is 30.4. The number of carbonyl (C=O) groups excluding carboxylic acids is 2. The predicted octanol–water partition coefficient (Wildman–Crippen LogP) is 9.22. The van der Waals surface area contributed by atoms with Gasteiger partial charge in [-0.15, -0.1) is 0 Å². The zero-order valence-corrected chi connectivity index (χ0v) is 33.0. The first kappa shape index (κ1) is 37.3. The van der Waals surface area contributed by atoms with Crippen molar-refractivity contribution < 1.29 is 18.8 Å². The van der Waals surface area contributed by atoms with Gasteiger partial charge in [-0.25, -0.2) is 0 Å². The molecule has 4 aromatic rings. The van der Waals surface area contributed by atoms with Crippen LogP contribution in [0.1, 0.15) is 77.0 Å². The lowest BCUT2D eigenvalue weighted by Gasteiger charge is -2.52. The molecule has 0 radical (unpaired) electrons. The van der Waals surface area contributed by atoms with Gasteiger partial charge in [-0.3, -0.25) is 9.59 Å². The lowest BCUT2D eigenvalue weighted by molar-refractivity contribution is -0.157. The average molecular weight is 743 g/mol. The van der Waals surface area contributed by atoms with Crippen LogP contribution in [0.3, 0.4) is 0 Å². The maximum atomic E-state index is 15.2. The number of methoxy groups -OCH3 is 1. The fraction of sp³-hybridized carbons (Fsp3) is 0.395. The Morgan fingerprint density at radius 2 is 1.49 bits per heavy atom. The molecule has 268 valence electrons. The molecule has 0 bridgehead atoms. The van der Waals surface area contributed by atoms with Gasteiger partial charge >= 0.3 is 5.97 Å². The van der Waals surface area contributed by atoms with Gasteiger partial charge in [0.25, 0.3) is 8.32 Å². The Labute approximate surface area is 314 Å². The number of piperidine rings is 1. The van der Waals surface area contributed by atoms with E-state index in [4.69, 9.17) is 32.4 Å². The van der Waals surface area contributed by atoms with Crippen LogP contribution in [-0.4, -0.2) is 44.9 Å². The van der Waals surface area contributed by atoms with E-state index in [1.165, 1.54) is 17.5 Å². The van der Waals surface area contributed by atoms with E-state index < -0.39 is 13.7 Å². The summed E-state index contributed by atoms with van der Waals surface area (Å²) in [6, 6.07) is 36.7. The van der Waals surface area contributed by atoms with E-state index in [9.17, 15) is 4.79 Å². The molecule has 1 saturated carbocycles. The molecule has 1 aliphatic carbocycles. The van der Waals surface area contributed by atoms with Gasteiger partial charge in [-0.05, 0) is 82.9 Å². The normalized spacial score (nSPS) is 24.2. The maximum Gasteiger partial charge on any atom is 0.308 e. The highest BCUT2D eigenvalue weighted by Gasteiger charge is 2.62. The number of likely N-dealkylation sites (tertiary alicyclic amines) is 1. The lowest BCUT2D eigenvalue weighted by atomic mass is 9.65. The van der Waals surface area contributed by atoms with Gasteiger partial charge in [-0.2, -0.15) is 0 Å². The highest BCUT2D eigenvalue weighted by atomic mass is 35.5. The molecule has 5 nitrogen and oxygen atoms in total. The van der Waals surface area contributed by atoms with Gasteiger partial charge in [-0.1, -0.05) is 136 Å². The first-order valence-corrected chi connectivity index (χ1v) is 20.6. The quantitative estimate of drug-likeness (QED) is 0.114. The summed E-state index contributed by atoms with van der Waals surface area (Å²) in [6.45, 7) is 11.5. The summed E-state index contributed by atoms with van der Waals surface area (Å²) in [7, 11) is -1.36. The number of nitrogens with zero attached hydrogens (tertiary/aromatic N) is 1. The van der Waals surface area contributed by atoms with Crippen molar-refractivity contribution in [1.82, 2.24) is 4.90 Å². The summed E-state index contributed by atoms with van der Waals surface area (Å²) in [4.78, 5) is 30.0. The van der Waals surface area contributed by atoms with E-state index in [0.29, 0.717) is 35.9 Å². The Morgan fingerprint density at radius 3 is 2.04 bits per heavy atom. The fourth-order valence-electron chi connectivity index (χ4n) is 8.74. The smallest absolute Gasteiger partial charge is 0.308 e. The predicted molar refractivity (Wildman–Crippen MR) is 209 cm³/mol. The van der Waals surface area contributed by atoms with Gasteiger partial charge in [0.1, 0.15) is 0 Å². The summed E-state index contributed by atoms with van der Waals surface area (Å²) in [5.41, 5.74) is 1.30. The molecule has 0 spiro atoms. The zero-order chi connectivity index (χ0) is 36.6. The van der Waals surface area contributed by atoms with Crippen LogP contribution in [0.25, 0.3) is 0 Å². The molecule has 0 aromatic heterocycles. The number of carbonyl (C=O) groups is 2. The van der Waals surface area contributed by atoms with E-state index in [1.54, 1.807) is 0 Å². The number of halogens is 2. The van der Waals surface area contributed by atoms with Crippen molar-refractivity contribution in [3.05, 3.63) is 130 Å². The Balaban J connectivity index is 1.40. The molecule has 1 aliphatic heterocycles. The fourth-order valence-corrected chi connectivity index (χ4v) is 13.6. The Morgan fingerprint density at radius 1 is 0.882 bits per heavy atom. The van der Waals surface area contributed by atoms with Crippen LogP contribution < -0.4 is 10.4 Å². The van der Waals surface area contributed by atoms with E-state index in [-0.39, 0.29) is 46.8 Å². The van der Waals surface area contributed by atoms with Crippen LogP contribution in [0.4, 0.5) is 0 Å². The lowest BCUT2D eigenvalue weighted by Crippen LogP contribution is -2.66. The van der Waals surface area contributed by atoms with Crippen molar-refractivity contribution in [2.75, 3.05) is 13.7 Å². The molecular formula is C43H49Cl2NO4Si. The van der Waals surface area contributed by atoms with Gasteiger partial charge in [0.05, 0.1) is 24.5 Å². The molecule has 4 aromatic carbocycles. The molecule has 2 aliphatic rings. The number of benzene rings is 4. The van der Waals surface area contributed by atoms with Crippen molar-refractivity contribution in [2.45, 2.75) is 76.9 Å². The van der Waals surface area contributed by atoms with Crippen LogP contribution in [0.2, 0.25) is 15.1 Å². The van der Waals surface area contributed by atoms with E-state index >= 15 is 4.79 Å². The second kappa shape index (κ2) is 14.9. The monoisotopic (exact) mass is 741 g/mol. The molecule has 6 rings (SSSR count). The third-order valence-corrected chi connectivity index (χ3v) is 16.9. The SMILES string of the molecule is COC(=O)C1CC1[C@@]1(C)C[C@H](c2cccc(Cl)c2)[C@@H](c2ccc(Cl)cc2)N([C@@H](C)CCO[Si](c2ccccc2)(c2ccccc2)C(C)(C)C)C1=O. The molecule has 0 N–H and O–H groups in total. The minimum atomic E-state index is -2.79. The van der Waals surface area contributed by atoms with Crippen LogP contribution in [0.15, 0.2) is 109 Å². The van der Waals surface area contributed by atoms with Crippen molar-refractivity contribution in [3.63, 3.8) is 0 Å². The number of hydrogen-bond acceptors (Lipinski definition) is 4. The summed E-state index contributed by atoms with van der Waals surface area (Å²) in [5, 5.41) is 3.57. The van der Waals surface area contributed by atoms with Gasteiger partial charge in [0, 0.05) is 28.6 Å². The van der Waals surface area contributed by atoms with Crippen molar-refractivity contribution >= 4 is 53.8 Å². The van der Waals surface area contributed by atoms with Gasteiger partial charge in [0.2, 0.25) is 5.91 Å². The number of hydrogen-bond donors (Lipinski definition) is 0. The Bertz CT molecular complexity index is 1790. The first-order valence-electron chi connectivity index (χ1n) is 18.0. The van der Waals surface area contributed by atoms with Crippen LogP contribution in [-0.2, 0) is 18.8 Å².